The number of carbonyl (C=O) groups excluding carboxylic acids is 1. The molecule has 0 unspecified atom stereocenters. The molecule has 0 saturated carbocycles. The first kappa shape index (κ1) is 12.7. The van der Waals surface area contributed by atoms with E-state index in [2.05, 4.69) is 4.74 Å². The maximum Gasteiger partial charge on any atom is 0.348 e. The Hall–Kier alpha value is -2.34. The van der Waals surface area contributed by atoms with Gasteiger partial charge >= 0.3 is 5.97 Å². The SMILES string of the molecule is COC(=O)/C(C#N)=C\C(C)=C\c1ccccc1. The molecule has 86 valence electrons. The summed E-state index contributed by atoms with van der Waals surface area (Å²) >= 11 is 0. The topological polar surface area (TPSA) is 50.1 Å². The highest BCUT2D eigenvalue weighted by atomic mass is 16.5. The van der Waals surface area contributed by atoms with Crippen molar-refractivity contribution in [1.29, 1.82) is 5.26 Å². The van der Waals surface area contributed by atoms with Crippen LogP contribution in [-0.2, 0) is 9.53 Å². The van der Waals surface area contributed by atoms with Crippen molar-refractivity contribution in [2.45, 2.75) is 6.92 Å². The molecular weight excluding hydrogens is 214 g/mol. The van der Waals surface area contributed by atoms with Gasteiger partial charge in [0, 0.05) is 0 Å². The second kappa shape index (κ2) is 6.29. The van der Waals surface area contributed by atoms with Crippen LogP contribution in [0.5, 0.6) is 0 Å². The Morgan fingerprint density at radius 1 is 1.35 bits per heavy atom. The lowest BCUT2D eigenvalue weighted by Crippen LogP contribution is -2.02. The van der Waals surface area contributed by atoms with Crippen LogP contribution in [0, 0.1) is 11.3 Å². The van der Waals surface area contributed by atoms with Crippen molar-refractivity contribution in [2.24, 2.45) is 0 Å². The van der Waals surface area contributed by atoms with Crippen molar-refractivity contribution < 1.29 is 9.53 Å². The minimum atomic E-state index is -0.617. The van der Waals surface area contributed by atoms with Crippen LogP contribution in [0.2, 0.25) is 0 Å². The van der Waals surface area contributed by atoms with Gasteiger partial charge in [0.05, 0.1) is 7.11 Å². The number of ether oxygens (including phenoxy) is 1. The van der Waals surface area contributed by atoms with Crippen LogP contribution in [-0.4, -0.2) is 13.1 Å². The van der Waals surface area contributed by atoms with Gasteiger partial charge in [0.25, 0.3) is 0 Å². The van der Waals surface area contributed by atoms with Gasteiger partial charge in [-0.3, -0.25) is 0 Å². The molecule has 0 aliphatic rings. The summed E-state index contributed by atoms with van der Waals surface area (Å²) < 4.78 is 4.50. The molecule has 0 aliphatic carbocycles. The highest BCUT2D eigenvalue weighted by molar-refractivity contribution is 5.93. The van der Waals surface area contributed by atoms with E-state index in [9.17, 15) is 4.79 Å². The minimum absolute atomic E-state index is 0.00261. The highest BCUT2D eigenvalue weighted by Gasteiger charge is 2.07. The normalized spacial score (nSPS) is 11.8. The van der Waals surface area contributed by atoms with Gasteiger partial charge in [-0.15, -0.1) is 0 Å². The molecule has 17 heavy (non-hydrogen) atoms. The summed E-state index contributed by atoms with van der Waals surface area (Å²) in [6.45, 7) is 1.83. The summed E-state index contributed by atoms with van der Waals surface area (Å²) in [4.78, 5) is 11.2. The Morgan fingerprint density at radius 3 is 2.53 bits per heavy atom. The van der Waals surface area contributed by atoms with E-state index < -0.39 is 5.97 Å². The number of hydrogen-bond donors (Lipinski definition) is 0. The van der Waals surface area contributed by atoms with E-state index in [-0.39, 0.29) is 5.57 Å². The van der Waals surface area contributed by atoms with E-state index in [4.69, 9.17) is 5.26 Å². The van der Waals surface area contributed by atoms with E-state index in [1.807, 2.05) is 49.4 Å². The van der Waals surface area contributed by atoms with E-state index in [0.717, 1.165) is 11.1 Å². The Labute approximate surface area is 101 Å². The van der Waals surface area contributed by atoms with Crippen LogP contribution >= 0.6 is 0 Å². The smallest absolute Gasteiger partial charge is 0.348 e. The summed E-state index contributed by atoms with van der Waals surface area (Å²) in [6.07, 6.45) is 3.40. The van der Waals surface area contributed by atoms with Crippen LogP contribution in [0.4, 0.5) is 0 Å². The van der Waals surface area contributed by atoms with Crippen molar-refractivity contribution in [3.63, 3.8) is 0 Å². The lowest BCUT2D eigenvalue weighted by Gasteiger charge is -1.98. The largest absolute Gasteiger partial charge is 0.465 e. The fourth-order valence-electron chi connectivity index (χ4n) is 1.33. The molecule has 0 bridgehead atoms. The second-order valence-corrected chi connectivity index (χ2v) is 3.46. The summed E-state index contributed by atoms with van der Waals surface area (Å²) in [5, 5.41) is 8.80. The van der Waals surface area contributed by atoms with Gasteiger partial charge in [0.1, 0.15) is 11.6 Å². The molecule has 0 aromatic heterocycles. The summed E-state index contributed by atoms with van der Waals surface area (Å²) in [6, 6.07) is 11.5. The van der Waals surface area contributed by atoms with E-state index in [0.29, 0.717) is 0 Å². The van der Waals surface area contributed by atoms with Crippen molar-refractivity contribution in [2.75, 3.05) is 7.11 Å². The second-order valence-electron chi connectivity index (χ2n) is 3.46. The van der Waals surface area contributed by atoms with Crippen LogP contribution in [0.15, 0.2) is 47.6 Å². The molecule has 0 fully saturated rings. The van der Waals surface area contributed by atoms with Gasteiger partial charge < -0.3 is 4.74 Å². The number of benzene rings is 1. The van der Waals surface area contributed by atoms with Crippen molar-refractivity contribution in [3.8, 4) is 6.07 Å². The number of rotatable bonds is 3. The predicted molar refractivity (Wildman–Crippen MR) is 65.8 cm³/mol. The first-order chi connectivity index (χ1) is 8.17. The molecule has 0 spiro atoms. The number of carbonyl (C=O) groups is 1. The minimum Gasteiger partial charge on any atom is -0.465 e. The number of nitriles is 1. The van der Waals surface area contributed by atoms with Gasteiger partial charge in [-0.25, -0.2) is 4.79 Å². The Balaban J connectivity index is 2.95. The lowest BCUT2D eigenvalue weighted by atomic mass is 10.1. The maximum absolute atomic E-state index is 11.2. The fraction of sp³-hybridized carbons (Fsp3) is 0.143. The zero-order valence-electron chi connectivity index (χ0n) is 9.81. The molecule has 0 atom stereocenters. The van der Waals surface area contributed by atoms with Crippen molar-refractivity contribution in [1.82, 2.24) is 0 Å². The van der Waals surface area contributed by atoms with E-state index in [1.165, 1.54) is 13.2 Å². The number of esters is 1. The van der Waals surface area contributed by atoms with E-state index >= 15 is 0 Å². The third-order valence-electron chi connectivity index (χ3n) is 2.09. The third kappa shape index (κ3) is 3.96. The summed E-state index contributed by atoms with van der Waals surface area (Å²) in [5.41, 5.74) is 1.83. The Kier molecular flexibility index (Phi) is 4.71. The molecule has 0 aliphatic heterocycles. The highest BCUT2D eigenvalue weighted by Crippen LogP contribution is 2.09. The monoisotopic (exact) mass is 227 g/mol. The van der Waals surface area contributed by atoms with E-state index in [1.54, 1.807) is 0 Å². The van der Waals surface area contributed by atoms with Crippen LogP contribution < -0.4 is 0 Å². The number of nitrogens with zero attached hydrogens (tertiary/aromatic N) is 1. The molecule has 1 aromatic rings. The molecule has 0 N–H and O–H groups in total. The zero-order chi connectivity index (χ0) is 12.7. The molecule has 1 aromatic carbocycles. The van der Waals surface area contributed by atoms with Crippen LogP contribution in [0.1, 0.15) is 12.5 Å². The number of allylic oxidation sites excluding steroid dienone is 2. The van der Waals surface area contributed by atoms with Gasteiger partial charge in [0.15, 0.2) is 0 Å². The summed E-state index contributed by atoms with van der Waals surface area (Å²) in [5.74, 6) is -0.617. The first-order valence-electron chi connectivity index (χ1n) is 5.11. The molecular formula is C14H13NO2. The van der Waals surface area contributed by atoms with Gasteiger partial charge in [-0.1, -0.05) is 36.4 Å². The third-order valence-corrected chi connectivity index (χ3v) is 2.09. The predicted octanol–water partition coefficient (Wildman–Crippen LogP) is 2.71. The van der Waals surface area contributed by atoms with Gasteiger partial charge in [-0.05, 0) is 24.1 Å². The molecule has 0 radical (unpaired) electrons. The molecule has 0 amide bonds. The molecule has 3 nitrogen and oxygen atoms in total. The van der Waals surface area contributed by atoms with Crippen molar-refractivity contribution in [3.05, 3.63) is 53.1 Å². The molecule has 0 saturated heterocycles. The quantitative estimate of drug-likeness (QED) is 0.345. The van der Waals surface area contributed by atoms with Gasteiger partial charge in [-0.2, -0.15) is 5.26 Å². The molecule has 0 heterocycles. The van der Waals surface area contributed by atoms with Crippen molar-refractivity contribution >= 4 is 12.0 Å². The molecule has 3 heteroatoms. The fourth-order valence-corrected chi connectivity index (χ4v) is 1.33. The van der Waals surface area contributed by atoms with Gasteiger partial charge in [0.2, 0.25) is 0 Å². The Bertz CT molecular complexity index is 493. The first-order valence-corrected chi connectivity index (χ1v) is 5.11. The lowest BCUT2D eigenvalue weighted by molar-refractivity contribution is -0.135. The number of hydrogen-bond acceptors (Lipinski definition) is 3. The van der Waals surface area contributed by atoms with Crippen LogP contribution in [0.3, 0.4) is 0 Å². The molecule has 1 rings (SSSR count). The number of methoxy groups -OCH3 is 1. The Morgan fingerprint density at radius 2 is 2.00 bits per heavy atom. The average molecular weight is 227 g/mol. The summed E-state index contributed by atoms with van der Waals surface area (Å²) in [7, 11) is 1.25. The van der Waals surface area contributed by atoms with Crippen LogP contribution in [0.25, 0.3) is 6.08 Å². The zero-order valence-corrected chi connectivity index (χ0v) is 9.81. The maximum atomic E-state index is 11.2. The standard InChI is InChI=1S/C14H13NO2/c1-11(8-12-6-4-3-5-7-12)9-13(10-15)14(16)17-2/h3-9H,1-2H3/b11-8+,13-9-. The average Bonchev–Trinajstić information content (AvgIpc) is 2.36.